The SMILES string of the molecule is COCC1(C(=O)NC[C@@H](c2ccccc2C)N(C)C)CCC1. The van der Waals surface area contributed by atoms with Gasteiger partial charge in [-0.1, -0.05) is 30.7 Å². The molecule has 122 valence electrons. The Morgan fingerprint density at radius 1 is 1.36 bits per heavy atom. The first-order valence-corrected chi connectivity index (χ1v) is 7.99. The second-order valence-corrected chi connectivity index (χ2v) is 6.61. The van der Waals surface area contributed by atoms with Crippen molar-refractivity contribution in [3.8, 4) is 0 Å². The molecule has 1 N–H and O–H groups in total. The van der Waals surface area contributed by atoms with Gasteiger partial charge in [-0.25, -0.2) is 0 Å². The minimum Gasteiger partial charge on any atom is -0.384 e. The summed E-state index contributed by atoms with van der Waals surface area (Å²) in [7, 11) is 5.78. The Labute approximate surface area is 133 Å². The van der Waals surface area contributed by atoms with Gasteiger partial charge in [0, 0.05) is 13.7 Å². The van der Waals surface area contributed by atoms with Crippen molar-refractivity contribution in [1.29, 1.82) is 0 Å². The van der Waals surface area contributed by atoms with Crippen molar-refractivity contribution in [2.24, 2.45) is 5.41 Å². The highest BCUT2D eigenvalue weighted by molar-refractivity contribution is 5.83. The lowest BCUT2D eigenvalue weighted by atomic mass is 9.68. The lowest BCUT2D eigenvalue weighted by Gasteiger charge is -2.40. The standard InChI is InChI=1S/C18H28N2O2/c1-14-8-5-6-9-15(14)16(20(2)3)12-19-17(21)18(13-22-4)10-7-11-18/h5-6,8-9,16H,7,10-13H2,1-4H3,(H,19,21)/t16-/m0/s1. The number of nitrogens with zero attached hydrogens (tertiary/aromatic N) is 1. The highest BCUT2D eigenvalue weighted by atomic mass is 16.5. The number of carbonyl (C=O) groups excluding carboxylic acids is 1. The molecule has 1 fully saturated rings. The number of likely N-dealkylation sites (N-methyl/N-ethyl adjacent to an activating group) is 1. The van der Waals surface area contributed by atoms with Crippen LogP contribution in [0.25, 0.3) is 0 Å². The predicted molar refractivity (Wildman–Crippen MR) is 88.8 cm³/mol. The van der Waals surface area contributed by atoms with Gasteiger partial charge in [0.2, 0.25) is 5.91 Å². The largest absolute Gasteiger partial charge is 0.384 e. The molecule has 0 aliphatic heterocycles. The van der Waals surface area contributed by atoms with Crippen molar-refractivity contribution in [3.05, 3.63) is 35.4 Å². The van der Waals surface area contributed by atoms with Crippen LogP contribution in [0.3, 0.4) is 0 Å². The second kappa shape index (κ2) is 7.25. The summed E-state index contributed by atoms with van der Waals surface area (Å²) in [5.41, 5.74) is 2.23. The Balaban J connectivity index is 2.04. The maximum atomic E-state index is 12.6. The van der Waals surface area contributed by atoms with Crippen LogP contribution in [0.1, 0.15) is 36.4 Å². The zero-order valence-electron chi connectivity index (χ0n) is 14.2. The molecule has 0 aromatic heterocycles. The highest BCUT2D eigenvalue weighted by Crippen LogP contribution is 2.41. The number of ether oxygens (including phenoxy) is 1. The van der Waals surface area contributed by atoms with Gasteiger partial charge in [0.25, 0.3) is 0 Å². The average molecular weight is 304 g/mol. The molecule has 0 heterocycles. The van der Waals surface area contributed by atoms with Crippen molar-refractivity contribution in [2.45, 2.75) is 32.2 Å². The van der Waals surface area contributed by atoms with Crippen molar-refractivity contribution in [1.82, 2.24) is 10.2 Å². The van der Waals surface area contributed by atoms with Crippen molar-refractivity contribution >= 4 is 5.91 Å². The first kappa shape index (κ1) is 17.0. The summed E-state index contributed by atoms with van der Waals surface area (Å²) in [5, 5.41) is 3.16. The fourth-order valence-electron chi connectivity index (χ4n) is 3.23. The summed E-state index contributed by atoms with van der Waals surface area (Å²) in [4.78, 5) is 14.7. The minimum absolute atomic E-state index is 0.140. The molecular weight excluding hydrogens is 276 g/mol. The van der Waals surface area contributed by atoms with Gasteiger partial charge < -0.3 is 15.0 Å². The third-order valence-electron chi connectivity index (χ3n) is 4.84. The van der Waals surface area contributed by atoms with Crippen LogP contribution in [-0.2, 0) is 9.53 Å². The van der Waals surface area contributed by atoms with Gasteiger partial charge in [0.1, 0.15) is 0 Å². The predicted octanol–water partition coefficient (Wildman–Crippen LogP) is 2.53. The third-order valence-corrected chi connectivity index (χ3v) is 4.84. The summed E-state index contributed by atoms with van der Waals surface area (Å²) < 4.78 is 5.26. The molecule has 1 aliphatic rings. The van der Waals surface area contributed by atoms with Crippen LogP contribution in [-0.4, -0.2) is 45.2 Å². The maximum absolute atomic E-state index is 12.6. The first-order valence-electron chi connectivity index (χ1n) is 7.99. The van der Waals surface area contributed by atoms with Crippen LogP contribution in [0.2, 0.25) is 0 Å². The lowest BCUT2D eigenvalue weighted by Crippen LogP contribution is -2.50. The van der Waals surface area contributed by atoms with E-state index >= 15 is 0 Å². The molecule has 0 radical (unpaired) electrons. The fourth-order valence-corrected chi connectivity index (χ4v) is 3.23. The normalized spacial score (nSPS) is 17.9. The molecule has 1 amide bonds. The molecule has 0 unspecified atom stereocenters. The van der Waals surface area contributed by atoms with Gasteiger partial charge in [-0.2, -0.15) is 0 Å². The lowest BCUT2D eigenvalue weighted by molar-refractivity contribution is -0.140. The molecule has 4 heteroatoms. The first-order chi connectivity index (χ1) is 10.5. The van der Waals surface area contributed by atoms with E-state index in [1.54, 1.807) is 7.11 Å². The zero-order valence-corrected chi connectivity index (χ0v) is 14.2. The van der Waals surface area contributed by atoms with E-state index in [2.05, 4.69) is 49.4 Å². The average Bonchev–Trinajstić information content (AvgIpc) is 2.44. The molecule has 1 atom stereocenters. The molecule has 4 nitrogen and oxygen atoms in total. The van der Waals surface area contributed by atoms with Crippen LogP contribution in [0.15, 0.2) is 24.3 Å². The van der Waals surface area contributed by atoms with E-state index in [1.165, 1.54) is 11.1 Å². The number of aryl methyl sites for hydroxylation is 1. The van der Waals surface area contributed by atoms with E-state index in [0.29, 0.717) is 13.2 Å². The van der Waals surface area contributed by atoms with Crippen LogP contribution in [0, 0.1) is 12.3 Å². The van der Waals surface area contributed by atoms with Gasteiger partial charge >= 0.3 is 0 Å². The number of hydrogen-bond donors (Lipinski definition) is 1. The number of rotatable bonds is 7. The van der Waals surface area contributed by atoms with E-state index < -0.39 is 0 Å². The van der Waals surface area contributed by atoms with Crippen molar-refractivity contribution < 1.29 is 9.53 Å². The Hall–Kier alpha value is -1.39. The molecule has 2 rings (SSSR count). The molecule has 1 saturated carbocycles. The van der Waals surface area contributed by atoms with Crippen molar-refractivity contribution in [2.75, 3.05) is 34.4 Å². The van der Waals surface area contributed by atoms with E-state index in [4.69, 9.17) is 4.74 Å². The quantitative estimate of drug-likeness (QED) is 0.841. The molecule has 1 aromatic carbocycles. The zero-order chi connectivity index (χ0) is 16.2. The minimum atomic E-state index is -0.294. The summed E-state index contributed by atoms with van der Waals surface area (Å²) in [6, 6.07) is 8.54. The molecule has 22 heavy (non-hydrogen) atoms. The number of hydrogen-bond acceptors (Lipinski definition) is 3. The van der Waals surface area contributed by atoms with Crippen LogP contribution < -0.4 is 5.32 Å². The smallest absolute Gasteiger partial charge is 0.228 e. The van der Waals surface area contributed by atoms with Gasteiger partial charge in [-0.15, -0.1) is 0 Å². The van der Waals surface area contributed by atoms with Gasteiger partial charge in [0.15, 0.2) is 0 Å². The van der Waals surface area contributed by atoms with E-state index in [-0.39, 0.29) is 17.4 Å². The number of carbonyl (C=O) groups is 1. The van der Waals surface area contributed by atoms with Crippen molar-refractivity contribution in [3.63, 3.8) is 0 Å². The molecule has 0 bridgehead atoms. The Kier molecular flexibility index (Phi) is 5.59. The summed E-state index contributed by atoms with van der Waals surface area (Å²) in [6.07, 6.45) is 2.99. The maximum Gasteiger partial charge on any atom is 0.228 e. The topological polar surface area (TPSA) is 41.6 Å². The Morgan fingerprint density at radius 2 is 2.05 bits per heavy atom. The van der Waals surface area contributed by atoms with Crippen LogP contribution >= 0.6 is 0 Å². The number of benzene rings is 1. The van der Waals surface area contributed by atoms with E-state index in [0.717, 1.165) is 19.3 Å². The van der Waals surface area contributed by atoms with Crippen LogP contribution in [0.5, 0.6) is 0 Å². The van der Waals surface area contributed by atoms with Gasteiger partial charge in [0.05, 0.1) is 18.1 Å². The summed E-state index contributed by atoms with van der Waals surface area (Å²) in [6.45, 7) is 3.27. The number of nitrogens with one attached hydrogen (secondary N) is 1. The molecular formula is C18H28N2O2. The Bertz CT molecular complexity index is 510. The highest BCUT2D eigenvalue weighted by Gasteiger charge is 2.44. The summed E-state index contributed by atoms with van der Waals surface area (Å²) in [5.74, 6) is 0.140. The second-order valence-electron chi connectivity index (χ2n) is 6.61. The monoisotopic (exact) mass is 304 g/mol. The Morgan fingerprint density at radius 3 is 2.55 bits per heavy atom. The fraction of sp³-hybridized carbons (Fsp3) is 0.611. The molecule has 0 saturated heterocycles. The van der Waals surface area contributed by atoms with Gasteiger partial charge in [-0.05, 0) is 45.0 Å². The van der Waals surface area contributed by atoms with Gasteiger partial charge in [-0.3, -0.25) is 4.79 Å². The third kappa shape index (κ3) is 3.50. The molecule has 0 spiro atoms. The van der Waals surface area contributed by atoms with E-state index in [9.17, 15) is 4.79 Å². The number of amides is 1. The van der Waals surface area contributed by atoms with E-state index in [1.807, 2.05) is 6.07 Å². The van der Waals surface area contributed by atoms with Crippen LogP contribution in [0.4, 0.5) is 0 Å². The number of methoxy groups -OCH3 is 1. The summed E-state index contributed by atoms with van der Waals surface area (Å²) >= 11 is 0. The molecule has 1 aromatic rings. The molecule has 1 aliphatic carbocycles.